The third-order valence-electron chi connectivity index (χ3n) is 3.49. The molecule has 0 aromatic heterocycles. The molecule has 110 valence electrons. The van der Waals surface area contributed by atoms with E-state index < -0.39 is 0 Å². The fourth-order valence-electron chi connectivity index (χ4n) is 2.16. The molecule has 1 N–H and O–H groups in total. The highest BCUT2D eigenvalue weighted by molar-refractivity contribution is 7.99. The third-order valence-corrected chi connectivity index (χ3v) is 4.71. The molecule has 2 aromatic rings. The Bertz CT molecular complexity index is 628. The number of halogens is 1. The maximum absolute atomic E-state index is 14.2. The molecule has 0 saturated heterocycles. The highest BCUT2D eigenvalue weighted by Gasteiger charge is 2.21. The van der Waals surface area contributed by atoms with E-state index in [9.17, 15) is 4.39 Å². The molecular formula is C17H18FNOS. The van der Waals surface area contributed by atoms with Crippen LogP contribution >= 0.6 is 11.8 Å². The number of hydrogen-bond donors (Lipinski definition) is 1. The first-order valence-electron chi connectivity index (χ1n) is 7.09. The molecule has 0 aliphatic heterocycles. The van der Waals surface area contributed by atoms with Crippen LogP contribution in [0.5, 0.6) is 5.75 Å². The van der Waals surface area contributed by atoms with Crippen LogP contribution in [0.15, 0.2) is 52.3 Å². The van der Waals surface area contributed by atoms with Gasteiger partial charge in [0.1, 0.15) is 11.6 Å². The molecule has 3 rings (SSSR count). The molecule has 1 fully saturated rings. The van der Waals surface area contributed by atoms with Gasteiger partial charge in [0.25, 0.3) is 0 Å². The fraction of sp³-hybridized carbons (Fsp3) is 0.294. The lowest BCUT2D eigenvalue weighted by Crippen LogP contribution is -2.16. The average Bonchev–Trinajstić information content (AvgIpc) is 3.32. The van der Waals surface area contributed by atoms with Gasteiger partial charge in [0.2, 0.25) is 0 Å². The molecule has 0 atom stereocenters. The first kappa shape index (κ1) is 14.4. The molecule has 0 bridgehead atoms. The van der Waals surface area contributed by atoms with Crippen LogP contribution in [0.3, 0.4) is 0 Å². The van der Waals surface area contributed by atoms with Crippen LogP contribution in [0.2, 0.25) is 0 Å². The summed E-state index contributed by atoms with van der Waals surface area (Å²) in [5, 5.41) is 3.44. The zero-order chi connectivity index (χ0) is 14.7. The molecule has 1 aliphatic rings. The fourth-order valence-corrected chi connectivity index (χ4v) is 3.22. The van der Waals surface area contributed by atoms with E-state index in [1.807, 2.05) is 30.3 Å². The summed E-state index contributed by atoms with van der Waals surface area (Å²) in [6.07, 6.45) is 2.45. The van der Waals surface area contributed by atoms with Crippen LogP contribution in [0.4, 0.5) is 4.39 Å². The van der Waals surface area contributed by atoms with Gasteiger partial charge in [0.15, 0.2) is 0 Å². The summed E-state index contributed by atoms with van der Waals surface area (Å²) in [6, 6.07) is 13.6. The van der Waals surface area contributed by atoms with Gasteiger partial charge in [-0.15, -0.1) is 0 Å². The molecule has 1 saturated carbocycles. The second kappa shape index (κ2) is 6.50. The summed E-state index contributed by atoms with van der Waals surface area (Å²) in [5.74, 6) is 0.591. The van der Waals surface area contributed by atoms with Gasteiger partial charge in [-0.2, -0.15) is 0 Å². The molecular weight excluding hydrogens is 285 g/mol. The zero-order valence-corrected chi connectivity index (χ0v) is 12.8. The van der Waals surface area contributed by atoms with Crippen molar-refractivity contribution < 1.29 is 9.13 Å². The summed E-state index contributed by atoms with van der Waals surface area (Å²) >= 11 is 1.42. The van der Waals surface area contributed by atoms with E-state index in [-0.39, 0.29) is 5.82 Å². The van der Waals surface area contributed by atoms with E-state index >= 15 is 0 Å². The number of benzene rings is 2. The molecule has 0 unspecified atom stereocenters. The second-order valence-electron chi connectivity index (χ2n) is 5.14. The Hall–Kier alpha value is -1.52. The van der Waals surface area contributed by atoms with E-state index in [0.29, 0.717) is 17.5 Å². The molecule has 0 radical (unpaired) electrons. The Balaban J connectivity index is 1.85. The number of nitrogens with one attached hydrogen (secondary N) is 1. The van der Waals surface area contributed by atoms with E-state index in [0.717, 1.165) is 16.2 Å². The Morgan fingerprint density at radius 2 is 2.00 bits per heavy atom. The topological polar surface area (TPSA) is 21.3 Å². The van der Waals surface area contributed by atoms with Crippen molar-refractivity contribution in [3.8, 4) is 5.75 Å². The quantitative estimate of drug-likeness (QED) is 0.862. The molecule has 1 aliphatic carbocycles. The third kappa shape index (κ3) is 3.57. The van der Waals surface area contributed by atoms with Crippen molar-refractivity contribution in [1.29, 1.82) is 0 Å². The first-order chi connectivity index (χ1) is 10.3. The highest BCUT2D eigenvalue weighted by atomic mass is 32.2. The molecule has 4 heteroatoms. The number of methoxy groups -OCH3 is 1. The van der Waals surface area contributed by atoms with Crippen LogP contribution in [0.25, 0.3) is 0 Å². The van der Waals surface area contributed by atoms with Gasteiger partial charge in [-0.25, -0.2) is 4.39 Å². The summed E-state index contributed by atoms with van der Waals surface area (Å²) in [4.78, 5) is 1.60. The van der Waals surface area contributed by atoms with Gasteiger partial charge in [-0.3, -0.25) is 0 Å². The lowest BCUT2D eigenvalue weighted by atomic mass is 10.2. The molecule has 2 aromatic carbocycles. The van der Waals surface area contributed by atoms with Crippen molar-refractivity contribution >= 4 is 11.8 Å². The lowest BCUT2D eigenvalue weighted by molar-refractivity contribution is 0.405. The number of ether oxygens (including phenoxy) is 1. The minimum Gasteiger partial charge on any atom is -0.496 e. The van der Waals surface area contributed by atoms with E-state index in [1.54, 1.807) is 13.2 Å². The summed E-state index contributed by atoms with van der Waals surface area (Å²) in [7, 11) is 1.64. The van der Waals surface area contributed by atoms with E-state index in [4.69, 9.17) is 4.74 Å². The lowest BCUT2D eigenvalue weighted by Gasteiger charge is -2.13. The molecule has 0 spiro atoms. The number of para-hydroxylation sites is 1. The SMILES string of the molecule is COc1ccccc1Sc1c(F)cccc1CNC1CC1. The maximum Gasteiger partial charge on any atom is 0.137 e. The molecule has 21 heavy (non-hydrogen) atoms. The van der Waals surface area contributed by atoms with Crippen LogP contribution in [-0.4, -0.2) is 13.2 Å². The van der Waals surface area contributed by atoms with Crippen molar-refractivity contribution in [1.82, 2.24) is 5.32 Å². The first-order valence-corrected chi connectivity index (χ1v) is 7.91. The Labute approximate surface area is 128 Å². The summed E-state index contributed by atoms with van der Waals surface area (Å²) in [6.45, 7) is 0.708. The van der Waals surface area contributed by atoms with Crippen LogP contribution in [0, 0.1) is 5.82 Å². The Morgan fingerprint density at radius 1 is 1.19 bits per heavy atom. The van der Waals surface area contributed by atoms with Gasteiger partial charge in [-0.05, 0) is 36.6 Å². The summed E-state index contributed by atoms with van der Waals surface area (Å²) < 4.78 is 19.6. The average molecular weight is 303 g/mol. The van der Waals surface area contributed by atoms with E-state index in [2.05, 4.69) is 5.32 Å². The van der Waals surface area contributed by atoms with Crippen molar-refractivity contribution in [2.45, 2.75) is 35.2 Å². The van der Waals surface area contributed by atoms with Gasteiger partial charge in [0, 0.05) is 12.6 Å². The Morgan fingerprint density at radius 3 is 2.76 bits per heavy atom. The van der Waals surface area contributed by atoms with Crippen molar-refractivity contribution in [3.63, 3.8) is 0 Å². The molecule has 0 amide bonds. The van der Waals surface area contributed by atoms with Gasteiger partial charge in [0.05, 0.1) is 16.9 Å². The standard InChI is InChI=1S/C17H18FNOS/c1-20-15-7-2-3-8-16(15)21-17-12(5-4-6-14(17)18)11-19-13-9-10-13/h2-8,13,19H,9-11H2,1H3. The molecule has 2 nitrogen and oxygen atoms in total. The minimum absolute atomic E-state index is 0.180. The maximum atomic E-state index is 14.2. The smallest absolute Gasteiger partial charge is 0.137 e. The van der Waals surface area contributed by atoms with E-state index in [1.165, 1.54) is 30.7 Å². The second-order valence-corrected chi connectivity index (χ2v) is 6.19. The normalized spacial score (nSPS) is 14.2. The Kier molecular flexibility index (Phi) is 4.46. The predicted octanol–water partition coefficient (Wildman–Crippen LogP) is 4.24. The number of rotatable bonds is 6. The predicted molar refractivity (Wildman–Crippen MR) is 83.4 cm³/mol. The van der Waals surface area contributed by atoms with Gasteiger partial charge in [-0.1, -0.05) is 36.0 Å². The van der Waals surface area contributed by atoms with Crippen molar-refractivity contribution in [3.05, 3.63) is 53.8 Å². The minimum atomic E-state index is -0.180. The van der Waals surface area contributed by atoms with Crippen molar-refractivity contribution in [2.75, 3.05) is 7.11 Å². The van der Waals surface area contributed by atoms with Gasteiger partial charge < -0.3 is 10.1 Å². The van der Waals surface area contributed by atoms with Crippen LogP contribution in [0.1, 0.15) is 18.4 Å². The van der Waals surface area contributed by atoms with Gasteiger partial charge >= 0.3 is 0 Å². The van der Waals surface area contributed by atoms with Crippen LogP contribution in [-0.2, 0) is 6.54 Å². The highest BCUT2D eigenvalue weighted by Crippen LogP contribution is 2.38. The monoisotopic (exact) mass is 303 g/mol. The number of hydrogen-bond acceptors (Lipinski definition) is 3. The molecule has 0 heterocycles. The van der Waals surface area contributed by atoms with Crippen molar-refractivity contribution in [2.24, 2.45) is 0 Å². The summed E-state index contributed by atoms with van der Waals surface area (Å²) in [5.41, 5.74) is 0.998. The zero-order valence-electron chi connectivity index (χ0n) is 11.9. The van der Waals surface area contributed by atoms with Crippen LogP contribution < -0.4 is 10.1 Å². The largest absolute Gasteiger partial charge is 0.496 e.